The lowest BCUT2D eigenvalue weighted by Gasteiger charge is -2.30. The van der Waals surface area contributed by atoms with E-state index in [0.29, 0.717) is 41.7 Å². The average Bonchev–Trinajstić information content (AvgIpc) is 3.24. The van der Waals surface area contributed by atoms with Crippen LogP contribution in [0.5, 0.6) is 0 Å². The monoisotopic (exact) mass is 354 g/mol. The molecule has 136 valence electrons. The molecule has 3 aromatic rings. The van der Waals surface area contributed by atoms with Crippen LogP contribution >= 0.6 is 0 Å². The fraction of sp³-hybridized carbons (Fsp3) is 0.421. The molecular weight excluding hydrogens is 332 g/mol. The normalized spacial score (nSPS) is 16.7. The first kappa shape index (κ1) is 16.8. The fourth-order valence-electron chi connectivity index (χ4n) is 3.53. The van der Waals surface area contributed by atoms with Crippen LogP contribution in [0.4, 0.5) is 0 Å². The molecule has 26 heavy (non-hydrogen) atoms. The summed E-state index contributed by atoms with van der Waals surface area (Å²) in [6.07, 6.45) is 5.47. The molecular formula is C19H22N4O3. The highest BCUT2D eigenvalue weighted by Gasteiger charge is 2.30. The molecule has 1 atom stereocenters. The third-order valence-corrected chi connectivity index (χ3v) is 4.92. The van der Waals surface area contributed by atoms with Crippen molar-refractivity contribution in [3.63, 3.8) is 0 Å². The van der Waals surface area contributed by atoms with Crippen molar-refractivity contribution in [3.8, 4) is 0 Å². The number of fused-ring (bicyclic) bond motifs is 1. The summed E-state index contributed by atoms with van der Waals surface area (Å²) in [5.41, 5.74) is 1.94. The van der Waals surface area contributed by atoms with Gasteiger partial charge in [0.1, 0.15) is 11.3 Å². The molecule has 0 aliphatic carbocycles. The van der Waals surface area contributed by atoms with Crippen LogP contribution in [0.3, 0.4) is 0 Å². The van der Waals surface area contributed by atoms with Crippen molar-refractivity contribution >= 4 is 17.0 Å². The van der Waals surface area contributed by atoms with Gasteiger partial charge in [0.25, 0.3) is 5.91 Å². The number of benzene rings is 1. The van der Waals surface area contributed by atoms with E-state index in [4.69, 9.17) is 9.15 Å². The molecule has 1 N–H and O–H groups in total. The highest BCUT2D eigenvalue weighted by Crippen LogP contribution is 2.29. The molecule has 1 saturated heterocycles. The van der Waals surface area contributed by atoms with Gasteiger partial charge in [0.15, 0.2) is 11.5 Å². The zero-order valence-corrected chi connectivity index (χ0v) is 14.9. The topological polar surface area (TPSA) is 82.2 Å². The second kappa shape index (κ2) is 6.92. The van der Waals surface area contributed by atoms with Crippen LogP contribution in [0, 0.1) is 12.8 Å². The number of rotatable bonds is 4. The van der Waals surface area contributed by atoms with Crippen molar-refractivity contribution in [3.05, 3.63) is 47.9 Å². The first-order valence-corrected chi connectivity index (χ1v) is 8.85. The SMILES string of the molecule is Cc1nc2cc(C(=O)N[C@@H](c3nccn3C)C3CCOCC3)ccc2o1. The van der Waals surface area contributed by atoms with Crippen LogP contribution in [0.15, 0.2) is 35.0 Å². The van der Waals surface area contributed by atoms with Gasteiger partial charge in [-0.2, -0.15) is 0 Å². The first-order chi connectivity index (χ1) is 12.6. The number of imidazole rings is 1. The number of carbonyl (C=O) groups excluding carboxylic acids is 1. The zero-order chi connectivity index (χ0) is 18.1. The Morgan fingerprint density at radius 3 is 2.88 bits per heavy atom. The lowest BCUT2D eigenvalue weighted by atomic mass is 9.90. The Hall–Kier alpha value is -2.67. The molecule has 7 heteroatoms. The van der Waals surface area contributed by atoms with Crippen molar-refractivity contribution in [2.24, 2.45) is 13.0 Å². The summed E-state index contributed by atoms with van der Waals surface area (Å²) >= 11 is 0. The van der Waals surface area contributed by atoms with Crippen molar-refractivity contribution in [2.75, 3.05) is 13.2 Å². The summed E-state index contributed by atoms with van der Waals surface area (Å²) in [5.74, 6) is 1.62. The summed E-state index contributed by atoms with van der Waals surface area (Å²) in [5, 5.41) is 3.18. The van der Waals surface area contributed by atoms with Crippen molar-refractivity contribution < 1.29 is 13.9 Å². The quantitative estimate of drug-likeness (QED) is 0.779. The Labute approximate surface area is 151 Å². The van der Waals surface area contributed by atoms with E-state index in [-0.39, 0.29) is 11.9 Å². The Kier molecular flexibility index (Phi) is 4.46. The predicted octanol–water partition coefficient (Wildman–Crippen LogP) is 2.77. The van der Waals surface area contributed by atoms with E-state index >= 15 is 0 Å². The van der Waals surface area contributed by atoms with Gasteiger partial charge in [0, 0.05) is 45.1 Å². The Morgan fingerprint density at radius 2 is 2.15 bits per heavy atom. The van der Waals surface area contributed by atoms with E-state index in [0.717, 1.165) is 18.7 Å². The number of oxazole rings is 1. The van der Waals surface area contributed by atoms with Crippen molar-refractivity contribution in [1.82, 2.24) is 19.9 Å². The number of aryl methyl sites for hydroxylation is 2. The van der Waals surface area contributed by atoms with Gasteiger partial charge < -0.3 is 19.0 Å². The lowest BCUT2D eigenvalue weighted by Crippen LogP contribution is -2.37. The van der Waals surface area contributed by atoms with Gasteiger partial charge in [-0.05, 0) is 37.0 Å². The van der Waals surface area contributed by atoms with Crippen molar-refractivity contribution in [1.29, 1.82) is 0 Å². The van der Waals surface area contributed by atoms with Crippen LogP contribution in [-0.4, -0.2) is 33.7 Å². The van der Waals surface area contributed by atoms with Gasteiger partial charge in [-0.15, -0.1) is 0 Å². The number of nitrogens with zero attached hydrogens (tertiary/aromatic N) is 3. The predicted molar refractivity (Wildman–Crippen MR) is 95.7 cm³/mol. The zero-order valence-electron chi connectivity index (χ0n) is 14.9. The van der Waals surface area contributed by atoms with Crippen LogP contribution in [-0.2, 0) is 11.8 Å². The molecule has 0 radical (unpaired) electrons. The largest absolute Gasteiger partial charge is 0.441 e. The second-order valence-corrected chi connectivity index (χ2v) is 6.71. The Balaban J connectivity index is 1.61. The molecule has 0 bridgehead atoms. The minimum Gasteiger partial charge on any atom is -0.441 e. The standard InChI is InChI=1S/C19H22N4O3/c1-12-21-15-11-14(3-4-16(15)26-12)19(24)22-17(13-5-9-25-10-6-13)18-20-7-8-23(18)2/h3-4,7-8,11,13,17H,5-6,9-10H2,1-2H3,(H,22,24)/t17-/m1/s1. The maximum atomic E-state index is 12.9. The minimum absolute atomic E-state index is 0.132. The number of ether oxygens (including phenoxy) is 1. The molecule has 0 unspecified atom stereocenters. The van der Waals surface area contributed by atoms with E-state index < -0.39 is 0 Å². The first-order valence-electron chi connectivity index (χ1n) is 8.85. The van der Waals surface area contributed by atoms with Gasteiger partial charge in [0.2, 0.25) is 0 Å². The van der Waals surface area contributed by atoms with E-state index in [1.165, 1.54) is 0 Å². The van der Waals surface area contributed by atoms with Gasteiger partial charge in [0.05, 0.1) is 6.04 Å². The number of hydrogen-bond donors (Lipinski definition) is 1. The summed E-state index contributed by atoms with van der Waals surface area (Å²) in [6.45, 7) is 3.22. The molecule has 1 aliphatic heterocycles. The average molecular weight is 354 g/mol. The van der Waals surface area contributed by atoms with E-state index in [1.807, 2.05) is 17.8 Å². The third kappa shape index (κ3) is 3.22. The molecule has 1 fully saturated rings. The van der Waals surface area contributed by atoms with Gasteiger partial charge in [-0.25, -0.2) is 9.97 Å². The second-order valence-electron chi connectivity index (χ2n) is 6.71. The van der Waals surface area contributed by atoms with E-state index in [1.54, 1.807) is 31.3 Å². The smallest absolute Gasteiger partial charge is 0.251 e. The van der Waals surface area contributed by atoms with E-state index in [9.17, 15) is 4.79 Å². The van der Waals surface area contributed by atoms with Gasteiger partial charge in [-0.1, -0.05) is 0 Å². The van der Waals surface area contributed by atoms with Crippen LogP contribution in [0.2, 0.25) is 0 Å². The molecule has 1 aliphatic rings. The Bertz CT molecular complexity index is 924. The van der Waals surface area contributed by atoms with Gasteiger partial charge in [-0.3, -0.25) is 4.79 Å². The Morgan fingerprint density at radius 1 is 1.35 bits per heavy atom. The van der Waals surface area contributed by atoms with Crippen LogP contribution < -0.4 is 5.32 Å². The summed E-state index contributed by atoms with van der Waals surface area (Å²) in [4.78, 5) is 21.7. The number of carbonyl (C=O) groups is 1. The minimum atomic E-state index is -0.152. The molecule has 0 saturated carbocycles. The number of nitrogens with one attached hydrogen (secondary N) is 1. The van der Waals surface area contributed by atoms with Crippen LogP contribution in [0.25, 0.3) is 11.1 Å². The molecule has 7 nitrogen and oxygen atoms in total. The highest BCUT2D eigenvalue weighted by atomic mass is 16.5. The van der Waals surface area contributed by atoms with Crippen molar-refractivity contribution in [2.45, 2.75) is 25.8 Å². The molecule has 3 heterocycles. The molecule has 2 aromatic heterocycles. The maximum Gasteiger partial charge on any atom is 0.251 e. The van der Waals surface area contributed by atoms with Gasteiger partial charge >= 0.3 is 0 Å². The van der Waals surface area contributed by atoms with E-state index in [2.05, 4.69) is 15.3 Å². The molecule has 0 spiro atoms. The number of hydrogen-bond acceptors (Lipinski definition) is 5. The molecule has 1 aromatic carbocycles. The highest BCUT2D eigenvalue weighted by molar-refractivity contribution is 5.97. The summed E-state index contributed by atoms with van der Waals surface area (Å²) < 4.78 is 12.9. The third-order valence-electron chi connectivity index (χ3n) is 4.92. The number of amides is 1. The maximum absolute atomic E-state index is 12.9. The molecule has 4 rings (SSSR count). The lowest BCUT2D eigenvalue weighted by molar-refractivity contribution is 0.0499. The summed E-state index contributed by atoms with van der Waals surface area (Å²) in [7, 11) is 1.95. The van der Waals surface area contributed by atoms with Crippen LogP contribution in [0.1, 0.15) is 41.0 Å². The number of aromatic nitrogens is 3. The molecule has 1 amide bonds. The fourth-order valence-corrected chi connectivity index (χ4v) is 3.53. The summed E-state index contributed by atoms with van der Waals surface area (Å²) in [6, 6.07) is 5.16.